The molecule has 1 atom stereocenters. The van der Waals surface area contributed by atoms with E-state index >= 15 is 0 Å². The lowest BCUT2D eigenvalue weighted by molar-refractivity contribution is 0.0887. The molecule has 0 aliphatic carbocycles. The van der Waals surface area contributed by atoms with Gasteiger partial charge in [0, 0.05) is 17.5 Å². The zero-order valence-electron chi connectivity index (χ0n) is 14.7. The van der Waals surface area contributed by atoms with Crippen molar-refractivity contribution in [1.29, 1.82) is 0 Å². The number of fused-ring (bicyclic) bond motifs is 1. The summed E-state index contributed by atoms with van der Waals surface area (Å²) < 4.78 is 5.86. The van der Waals surface area contributed by atoms with Gasteiger partial charge in [-0.2, -0.15) is 0 Å². The first-order valence-corrected chi connectivity index (χ1v) is 8.86. The van der Waals surface area contributed by atoms with Crippen LogP contribution in [0.4, 0.5) is 0 Å². The Kier molecular flexibility index (Phi) is 4.21. The van der Waals surface area contributed by atoms with Crippen molar-refractivity contribution in [2.75, 3.05) is 6.61 Å². The molecule has 1 aliphatic heterocycles. The lowest BCUT2D eigenvalue weighted by Crippen LogP contribution is -2.49. The highest BCUT2D eigenvalue weighted by Crippen LogP contribution is 2.42. The molecule has 0 saturated carbocycles. The third kappa shape index (κ3) is 2.86. The summed E-state index contributed by atoms with van der Waals surface area (Å²) in [6.45, 7) is 2.62. The summed E-state index contributed by atoms with van der Waals surface area (Å²) in [5.41, 5.74) is 3.32. The number of rotatable bonds is 3. The van der Waals surface area contributed by atoms with Crippen LogP contribution in [0.15, 0.2) is 78.9 Å². The number of hydrogen-bond donors (Lipinski definition) is 1. The van der Waals surface area contributed by atoms with Gasteiger partial charge in [0.1, 0.15) is 5.75 Å². The Morgan fingerprint density at radius 2 is 1.62 bits per heavy atom. The third-order valence-electron chi connectivity index (χ3n) is 4.99. The first-order chi connectivity index (χ1) is 12.7. The Morgan fingerprint density at radius 1 is 0.923 bits per heavy atom. The fourth-order valence-electron chi connectivity index (χ4n) is 3.59. The number of carbonyl (C=O) groups is 1. The predicted molar refractivity (Wildman–Crippen MR) is 102 cm³/mol. The normalized spacial score (nSPS) is 18.5. The number of ether oxygens (including phenoxy) is 1. The molecule has 0 fully saturated rings. The second-order valence-corrected chi connectivity index (χ2v) is 6.69. The summed E-state index contributed by atoms with van der Waals surface area (Å²) in [5.74, 6) is 0.746. The fourth-order valence-corrected chi connectivity index (χ4v) is 3.59. The fraction of sp³-hybridized carbons (Fsp3) is 0.174. The zero-order chi connectivity index (χ0) is 18.0. The average Bonchev–Trinajstić information content (AvgIpc) is 2.69. The molecular weight excluding hydrogens is 322 g/mol. The monoisotopic (exact) mass is 343 g/mol. The van der Waals surface area contributed by atoms with E-state index in [0.717, 1.165) is 16.9 Å². The van der Waals surface area contributed by atoms with Gasteiger partial charge in [0.2, 0.25) is 0 Å². The lowest BCUT2D eigenvalue weighted by atomic mass is 9.78. The molecule has 3 aromatic rings. The third-order valence-corrected chi connectivity index (χ3v) is 4.99. The SMILES string of the molecule is Cc1ccc([C@@]2(NC(=O)c3ccccc3)CCOc3ccccc32)cc1. The number of carbonyl (C=O) groups excluding carboxylic acids is 1. The van der Waals surface area contributed by atoms with E-state index in [9.17, 15) is 4.79 Å². The molecule has 0 radical (unpaired) electrons. The van der Waals surface area contributed by atoms with Crippen LogP contribution in [0.2, 0.25) is 0 Å². The van der Waals surface area contributed by atoms with E-state index in [4.69, 9.17) is 4.74 Å². The summed E-state index contributed by atoms with van der Waals surface area (Å²) in [7, 11) is 0. The van der Waals surface area contributed by atoms with Crippen molar-refractivity contribution >= 4 is 5.91 Å². The number of benzene rings is 3. The van der Waals surface area contributed by atoms with Crippen molar-refractivity contribution < 1.29 is 9.53 Å². The largest absolute Gasteiger partial charge is 0.493 e. The molecule has 3 heteroatoms. The van der Waals surface area contributed by atoms with Crippen molar-refractivity contribution in [3.63, 3.8) is 0 Å². The summed E-state index contributed by atoms with van der Waals surface area (Å²) in [6, 6.07) is 25.7. The molecule has 0 spiro atoms. The van der Waals surface area contributed by atoms with E-state index in [0.29, 0.717) is 18.6 Å². The number of nitrogens with one attached hydrogen (secondary N) is 1. The van der Waals surface area contributed by atoms with Crippen molar-refractivity contribution in [3.05, 3.63) is 101 Å². The van der Waals surface area contributed by atoms with Crippen LogP contribution in [0.25, 0.3) is 0 Å². The van der Waals surface area contributed by atoms with E-state index in [1.807, 2.05) is 54.6 Å². The molecule has 0 unspecified atom stereocenters. The van der Waals surface area contributed by atoms with Gasteiger partial charge in [0.05, 0.1) is 12.1 Å². The van der Waals surface area contributed by atoms with Gasteiger partial charge in [-0.15, -0.1) is 0 Å². The summed E-state index contributed by atoms with van der Waals surface area (Å²) >= 11 is 0. The van der Waals surface area contributed by atoms with E-state index in [-0.39, 0.29) is 5.91 Å². The highest BCUT2D eigenvalue weighted by molar-refractivity contribution is 5.95. The average molecular weight is 343 g/mol. The van der Waals surface area contributed by atoms with Crippen LogP contribution in [0.1, 0.15) is 33.5 Å². The van der Waals surface area contributed by atoms with Gasteiger partial charge in [-0.05, 0) is 30.7 Å². The molecule has 1 amide bonds. The summed E-state index contributed by atoms with van der Waals surface area (Å²) in [4.78, 5) is 13.0. The van der Waals surface area contributed by atoms with Gasteiger partial charge in [-0.3, -0.25) is 4.79 Å². The molecule has 1 aliphatic rings. The number of amides is 1. The van der Waals surface area contributed by atoms with E-state index < -0.39 is 5.54 Å². The van der Waals surface area contributed by atoms with Crippen LogP contribution in [-0.4, -0.2) is 12.5 Å². The quantitative estimate of drug-likeness (QED) is 0.763. The maximum Gasteiger partial charge on any atom is 0.252 e. The minimum absolute atomic E-state index is 0.0807. The Bertz CT molecular complexity index is 918. The van der Waals surface area contributed by atoms with Gasteiger partial charge in [0.15, 0.2) is 0 Å². The van der Waals surface area contributed by atoms with Crippen LogP contribution in [0.5, 0.6) is 5.75 Å². The minimum atomic E-state index is -0.602. The van der Waals surface area contributed by atoms with Crippen molar-refractivity contribution in [2.45, 2.75) is 18.9 Å². The smallest absolute Gasteiger partial charge is 0.252 e. The lowest BCUT2D eigenvalue weighted by Gasteiger charge is -2.40. The predicted octanol–water partition coefficient (Wildman–Crippen LogP) is 4.45. The van der Waals surface area contributed by atoms with Crippen molar-refractivity contribution in [1.82, 2.24) is 5.32 Å². The molecule has 130 valence electrons. The molecule has 0 aromatic heterocycles. The van der Waals surface area contributed by atoms with Crippen LogP contribution >= 0.6 is 0 Å². The maximum absolute atomic E-state index is 13.0. The Balaban J connectivity index is 1.83. The molecule has 0 bridgehead atoms. The first kappa shape index (κ1) is 16.4. The molecule has 3 aromatic carbocycles. The number of aryl methyl sites for hydroxylation is 1. The second-order valence-electron chi connectivity index (χ2n) is 6.69. The summed E-state index contributed by atoms with van der Waals surface area (Å²) in [5, 5.41) is 3.32. The molecule has 0 saturated heterocycles. The molecule has 1 heterocycles. The van der Waals surface area contributed by atoms with Crippen molar-refractivity contribution in [2.24, 2.45) is 0 Å². The van der Waals surface area contributed by atoms with Crippen LogP contribution in [-0.2, 0) is 5.54 Å². The number of para-hydroxylation sites is 1. The molecule has 4 rings (SSSR count). The first-order valence-electron chi connectivity index (χ1n) is 8.86. The maximum atomic E-state index is 13.0. The van der Waals surface area contributed by atoms with Gasteiger partial charge in [0.25, 0.3) is 5.91 Å². The standard InChI is InChI=1S/C23H21NO2/c1-17-11-13-19(14-12-17)23(24-22(25)18-7-3-2-4-8-18)15-16-26-21-10-6-5-9-20(21)23/h2-14H,15-16H2,1H3,(H,24,25)/t23-/m0/s1. The van der Waals surface area contributed by atoms with E-state index in [1.165, 1.54) is 5.56 Å². The molecule has 26 heavy (non-hydrogen) atoms. The molecular formula is C23H21NO2. The van der Waals surface area contributed by atoms with Gasteiger partial charge in [-0.1, -0.05) is 66.2 Å². The van der Waals surface area contributed by atoms with E-state index in [1.54, 1.807) is 0 Å². The molecule has 3 nitrogen and oxygen atoms in total. The van der Waals surface area contributed by atoms with Crippen molar-refractivity contribution in [3.8, 4) is 5.75 Å². The zero-order valence-corrected chi connectivity index (χ0v) is 14.7. The highest BCUT2D eigenvalue weighted by atomic mass is 16.5. The van der Waals surface area contributed by atoms with Gasteiger partial charge < -0.3 is 10.1 Å². The Hall–Kier alpha value is -3.07. The van der Waals surface area contributed by atoms with E-state index in [2.05, 4.69) is 36.5 Å². The summed E-state index contributed by atoms with van der Waals surface area (Å²) in [6.07, 6.45) is 0.686. The Labute approximate surface area is 153 Å². The van der Waals surface area contributed by atoms with Gasteiger partial charge in [-0.25, -0.2) is 0 Å². The highest BCUT2D eigenvalue weighted by Gasteiger charge is 2.40. The second kappa shape index (κ2) is 6.68. The van der Waals surface area contributed by atoms with Crippen LogP contribution < -0.4 is 10.1 Å². The topological polar surface area (TPSA) is 38.3 Å². The van der Waals surface area contributed by atoms with Crippen LogP contribution in [0, 0.1) is 6.92 Å². The number of hydrogen-bond acceptors (Lipinski definition) is 2. The van der Waals surface area contributed by atoms with Crippen LogP contribution in [0.3, 0.4) is 0 Å². The Morgan fingerprint density at radius 3 is 2.38 bits per heavy atom. The molecule has 1 N–H and O–H groups in total. The minimum Gasteiger partial charge on any atom is -0.493 e. The van der Waals surface area contributed by atoms with Gasteiger partial charge >= 0.3 is 0 Å².